The lowest BCUT2D eigenvalue weighted by Crippen LogP contribution is -2.49. The van der Waals surface area contributed by atoms with E-state index in [0.29, 0.717) is 13.0 Å². The summed E-state index contributed by atoms with van der Waals surface area (Å²) in [4.78, 5) is 11.6. The summed E-state index contributed by atoms with van der Waals surface area (Å²) in [6.45, 7) is 4.50. The first kappa shape index (κ1) is 12.7. The second kappa shape index (κ2) is 5.66. The molecule has 3 nitrogen and oxygen atoms in total. The van der Waals surface area contributed by atoms with Crippen LogP contribution in [0.1, 0.15) is 25.8 Å². The summed E-state index contributed by atoms with van der Waals surface area (Å²) in [6.07, 6.45) is 0.701. The van der Waals surface area contributed by atoms with Crippen molar-refractivity contribution in [1.29, 1.82) is 0 Å². The van der Waals surface area contributed by atoms with Gasteiger partial charge in [-0.05, 0) is 18.9 Å². The molecule has 0 saturated heterocycles. The zero-order chi connectivity index (χ0) is 12.0. The topological polar surface area (TPSA) is 38.3 Å². The smallest absolute Gasteiger partial charge is 0.325 e. The van der Waals surface area contributed by atoms with Crippen LogP contribution in [0.5, 0.6) is 0 Å². The number of ether oxygens (including phenoxy) is 1. The van der Waals surface area contributed by atoms with Crippen LogP contribution in [0.2, 0.25) is 0 Å². The molecule has 0 radical (unpaired) electrons. The minimum absolute atomic E-state index is 0.217. The van der Waals surface area contributed by atoms with Crippen LogP contribution in [-0.2, 0) is 16.1 Å². The van der Waals surface area contributed by atoms with Crippen molar-refractivity contribution in [2.75, 3.05) is 7.11 Å². The predicted molar refractivity (Wildman–Crippen MR) is 64.0 cm³/mol. The number of hydrogen-bond donors (Lipinski definition) is 1. The minimum Gasteiger partial charge on any atom is -0.468 e. The number of rotatable bonds is 5. The van der Waals surface area contributed by atoms with Gasteiger partial charge in [0.25, 0.3) is 0 Å². The van der Waals surface area contributed by atoms with Crippen molar-refractivity contribution in [3.8, 4) is 0 Å². The maximum absolute atomic E-state index is 11.6. The largest absolute Gasteiger partial charge is 0.468 e. The van der Waals surface area contributed by atoms with E-state index in [4.69, 9.17) is 4.74 Å². The lowest BCUT2D eigenvalue weighted by molar-refractivity contribution is -0.148. The molecule has 0 aliphatic heterocycles. The van der Waals surface area contributed by atoms with Gasteiger partial charge >= 0.3 is 5.97 Å². The Labute approximate surface area is 96.8 Å². The molecule has 0 aliphatic rings. The highest BCUT2D eigenvalue weighted by Crippen LogP contribution is 2.12. The molecular weight excluding hydrogens is 202 g/mol. The Hall–Kier alpha value is -1.35. The van der Waals surface area contributed by atoms with Crippen molar-refractivity contribution < 1.29 is 9.53 Å². The third-order valence-corrected chi connectivity index (χ3v) is 2.87. The molecule has 0 fully saturated rings. The van der Waals surface area contributed by atoms with Crippen molar-refractivity contribution in [2.24, 2.45) is 0 Å². The van der Waals surface area contributed by atoms with Gasteiger partial charge in [0.1, 0.15) is 5.54 Å². The van der Waals surface area contributed by atoms with Gasteiger partial charge in [-0.15, -0.1) is 0 Å². The van der Waals surface area contributed by atoms with E-state index in [-0.39, 0.29) is 5.97 Å². The molecule has 0 heterocycles. The number of methoxy groups -OCH3 is 1. The first-order valence-electron chi connectivity index (χ1n) is 5.49. The van der Waals surface area contributed by atoms with Gasteiger partial charge in [0.05, 0.1) is 7.11 Å². The Morgan fingerprint density at radius 3 is 2.50 bits per heavy atom. The molecule has 1 atom stereocenters. The van der Waals surface area contributed by atoms with Gasteiger partial charge in [-0.2, -0.15) is 0 Å². The molecule has 0 spiro atoms. The molecule has 0 aliphatic carbocycles. The zero-order valence-corrected chi connectivity index (χ0v) is 10.1. The maximum Gasteiger partial charge on any atom is 0.325 e. The van der Waals surface area contributed by atoms with E-state index >= 15 is 0 Å². The number of carbonyl (C=O) groups is 1. The normalized spacial score (nSPS) is 14.2. The molecule has 1 rings (SSSR count). The van der Waals surface area contributed by atoms with Gasteiger partial charge in [0.15, 0.2) is 0 Å². The molecule has 0 saturated carbocycles. The highest BCUT2D eigenvalue weighted by atomic mass is 16.5. The van der Waals surface area contributed by atoms with Crippen LogP contribution in [0.4, 0.5) is 0 Å². The number of esters is 1. The summed E-state index contributed by atoms with van der Waals surface area (Å²) in [7, 11) is 1.42. The fourth-order valence-corrected chi connectivity index (χ4v) is 1.46. The Balaban J connectivity index is 2.62. The number of hydrogen-bond acceptors (Lipinski definition) is 3. The summed E-state index contributed by atoms with van der Waals surface area (Å²) in [5.74, 6) is -0.217. The van der Waals surface area contributed by atoms with Gasteiger partial charge in [-0.3, -0.25) is 10.1 Å². The van der Waals surface area contributed by atoms with Gasteiger partial charge < -0.3 is 4.74 Å². The summed E-state index contributed by atoms with van der Waals surface area (Å²) in [5, 5.41) is 3.24. The van der Waals surface area contributed by atoms with Crippen LogP contribution in [0.15, 0.2) is 30.3 Å². The zero-order valence-electron chi connectivity index (χ0n) is 10.1. The lowest BCUT2D eigenvalue weighted by Gasteiger charge is -2.26. The molecule has 1 N–H and O–H groups in total. The van der Waals surface area contributed by atoms with Crippen molar-refractivity contribution in [3.05, 3.63) is 35.9 Å². The van der Waals surface area contributed by atoms with Crippen LogP contribution in [0.25, 0.3) is 0 Å². The van der Waals surface area contributed by atoms with E-state index in [1.807, 2.05) is 44.2 Å². The van der Waals surface area contributed by atoms with E-state index in [2.05, 4.69) is 5.32 Å². The fraction of sp³-hybridized carbons (Fsp3) is 0.462. The maximum atomic E-state index is 11.6. The Morgan fingerprint density at radius 2 is 2.00 bits per heavy atom. The fourth-order valence-electron chi connectivity index (χ4n) is 1.46. The molecule has 0 unspecified atom stereocenters. The van der Waals surface area contributed by atoms with E-state index in [9.17, 15) is 4.79 Å². The monoisotopic (exact) mass is 221 g/mol. The summed E-state index contributed by atoms with van der Waals surface area (Å²) in [6, 6.07) is 10.0. The Kier molecular flexibility index (Phi) is 4.50. The van der Waals surface area contributed by atoms with E-state index in [0.717, 1.165) is 5.56 Å². The lowest BCUT2D eigenvalue weighted by atomic mass is 9.98. The van der Waals surface area contributed by atoms with Gasteiger partial charge in [-0.25, -0.2) is 0 Å². The molecular formula is C13H19NO2. The Morgan fingerprint density at radius 1 is 1.38 bits per heavy atom. The quantitative estimate of drug-likeness (QED) is 0.774. The van der Waals surface area contributed by atoms with E-state index in [1.54, 1.807) is 0 Å². The molecule has 16 heavy (non-hydrogen) atoms. The molecule has 3 heteroatoms. The molecule has 1 aromatic carbocycles. The molecule has 1 aromatic rings. The van der Waals surface area contributed by atoms with E-state index < -0.39 is 5.54 Å². The highest BCUT2D eigenvalue weighted by Gasteiger charge is 2.31. The first-order valence-corrected chi connectivity index (χ1v) is 5.49. The number of benzene rings is 1. The van der Waals surface area contributed by atoms with Gasteiger partial charge in [-0.1, -0.05) is 37.3 Å². The highest BCUT2D eigenvalue weighted by molar-refractivity contribution is 5.80. The van der Waals surface area contributed by atoms with Crippen LogP contribution in [-0.4, -0.2) is 18.6 Å². The number of carbonyl (C=O) groups excluding carboxylic acids is 1. The van der Waals surface area contributed by atoms with Crippen molar-refractivity contribution in [3.63, 3.8) is 0 Å². The van der Waals surface area contributed by atoms with Crippen LogP contribution in [0, 0.1) is 0 Å². The Bertz CT molecular complexity index is 337. The standard InChI is InChI=1S/C13H19NO2/c1-4-13(2,12(15)16-3)14-10-11-8-6-5-7-9-11/h5-9,14H,4,10H2,1-3H3/t13-/m0/s1. The van der Waals surface area contributed by atoms with Crippen molar-refractivity contribution in [1.82, 2.24) is 5.32 Å². The van der Waals surface area contributed by atoms with Crippen LogP contribution >= 0.6 is 0 Å². The molecule has 88 valence electrons. The SMILES string of the molecule is CC[C@](C)(NCc1ccccc1)C(=O)OC. The van der Waals surface area contributed by atoms with Crippen molar-refractivity contribution in [2.45, 2.75) is 32.4 Å². The summed E-state index contributed by atoms with van der Waals surface area (Å²) in [5.41, 5.74) is 0.552. The third-order valence-electron chi connectivity index (χ3n) is 2.87. The van der Waals surface area contributed by atoms with Gasteiger partial charge in [0.2, 0.25) is 0 Å². The summed E-state index contributed by atoms with van der Waals surface area (Å²) < 4.78 is 4.79. The number of nitrogens with one attached hydrogen (secondary N) is 1. The van der Waals surface area contributed by atoms with Gasteiger partial charge in [0, 0.05) is 6.54 Å². The second-order valence-electron chi connectivity index (χ2n) is 4.02. The molecule has 0 bridgehead atoms. The van der Waals surface area contributed by atoms with Crippen LogP contribution in [0.3, 0.4) is 0 Å². The minimum atomic E-state index is -0.607. The average molecular weight is 221 g/mol. The van der Waals surface area contributed by atoms with E-state index in [1.165, 1.54) is 7.11 Å². The third kappa shape index (κ3) is 3.07. The second-order valence-corrected chi connectivity index (χ2v) is 4.02. The first-order chi connectivity index (χ1) is 7.62. The average Bonchev–Trinajstić information content (AvgIpc) is 2.36. The van der Waals surface area contributed by atoms with Crippen molar-refractivity contribution >= 4 is 5.97 Å². The molecule has 0 aromatic heterocycles. The molecule has 0 amide bonds. The summed E-state index contributed by atoms with van der Waals surface area (Å²) >= 11 is 0. The predicted octanol–water partition coefficient (Wildman–Crippen LogP) is 2.12. The van der Waals surface area contributed by atoms with Crippen LogP contribution < -0.4 is 5.32 Å².